The van der Waals surface area contributed by atoms with Crippen molar-refractivity contribution < 1.29 is 19.1 Å². The summed E-state index contributed by atoms with van der Waals surface area (Å²) in [6.07, 6.45) is 4.01. The maximum Gasteiger partial charge on any atom is 0.276 e. The molecular weight excluding hydrogens is 521 g/mol. The van der Waals surface area contributed by atoms with Crippen LogP contribution in [0.5, 0.6) is 11.5 Å². The van der Waals surface area contributed by atoms with Gasteiger partial charge in [0.2, 0.25) is 12.7 Å². The lowest BCUT2D eigenvalue weighted by Gasteiger charge is -2.32. The SMILES string of the molecule is Cc1ccc([C@@H](C(=O)NC2CCCC2)N(Cc2ccc3c(c2)OCO3)C(=O)c2nsc(Cl)c2Cl)cc1. The number of hydrogen-bond donors (Lipinski definition) is 1. The molecule has 2 heterocycles. The number of nitrogens with one attached hydrogen (secondary N) is 1. The quantitative estimate of drug-likeness (QED) is 0.398. The van der Waals surface area contributed by atoms with E-state index in [4.69, 9.17) is 32.7 Å². The van der Waals surface area contributed by atoms with Crippen molar-refractivity contribution in [3.05, 3.63) is 74.2 Å². The maximum absolute atomic E-state index is 13.9. The lowest BCUT2D eigenvalue weighted by Crippen LogP contribution is -2.46. The number of ether oxygens (including phenoxy) is 2. The Labute approximate surface area is 223 Å². The average molecular weight is 546 g/mol. The minimum Gasteiger partial charge on any atom is -0.454 e. The summed E-state index contributed by atoms with van der Waals surface area (Å²) in [5.41, 5.74) is 2.55. The van der Waals surface area contributed by atoms with E-state index in [0.717, 1.165) is 48.3 Å². The van der Waals surface area contributed by atoms with Crippen molar-refractivity contribution in [1.82, 2.24) is 14.6 Å². The normalized spacial score (nSPS) is 15.6. The Morgan fingerprint density at radius 2 is 1.83 bits per heavy atom. The summed E-state index contributed by atoms with van der Waals surface area (Å²) in [4.78, 5) is 29.2. The van der Waals surface area contributed by atoms with Gasteiger partial charge in [0.1, 0.15) is 15.4 Å². The topological polar surface area (TPSA) is 80.8 Å². The van der Waals surface area contributed by atoms with E-state index in [1.807, 2.05) is 43.3 Å². The molecule has 0 saturated heterocycles. The summed E-state index contributed by atoms with van der Waals surface area (Å²) in [6.45, 7) is 2.24. The molecule has 2 aromatic carbocycles. The lowest BCUT2D eigenvalue weighted by atomic mass is 10.0. The Bertz CT molecular complexity index is 1270. The monoisotopic (exact) mass is 545 g/mol. The van der Waals surface area contributed by atoms with E-state index >= 15 is 0 Å². The molecule has 0 spiro atoms. The van der Waals surface area contributed by atoms with E-state index in [2.05, 4.69) is 9.69 Å². The second-order valence-corrected chi connectivity index (χ2v) is 10.8. The summed E-state index contributed by atoms with van der Waals surface area (Å²) in [5.74, 6) is 0.516. The Morgan fingerprint density at radius 1 is 1.11 bits per heavy atom. The van der Waals surface area contributed by atoms with Gasteiger partial charge in [-0.1, -0.05) is 71.9 Å². The number of rotatable bonds is 7. The summed E-state index contributed by atoms with van der Waals surface area (Å²) in [5, 5.41) is 3.26. The molecule has 10 heteroatoms. The molecule has 1 N–H and O–H groups in total. The maximum atomic E-state index is 13.9. The Morgan fingerprint density at radius 3 is 2.53 bits per heavy atom. The third-order valence-corrected chi connectivity index (χ3v) is 8.12. The first-order valence-corrected chi connectivity index (χ1v) is 13.3. The first kappa shape index (κ1) is 24.9. The highest BCUT2D eigenvalue weighted by molar-refractivity contribution is 7.11. The number of hydrogen-bond acceptors (Lipinski definition) is 6. The van der Waals surface area contributed by atoms with Gasteiger partial charge in [0.05, 0.1) is 0 Å². The number of halogens is 2. The zero-order valence-electron chi connectivity index (χ0n) is 19.6. The number of benzene rings is 2. The number of aryl methyl sites for hydroxylation is 1. The second-order valence-electron chi connectivity index (χ2n) is 9.04. The molecular formula is C26H25Cl2N3O4S. The standard InChI is InChI=1S/C26H25Cl2N3O4S/c1-15-6-9-17(10-7-15)23(25(32)29-18-4-2-3-5-18)31(26(33)22-21(27)24(28)36-30-22)13-16-8-11-19-20(12-16)35-14-34-19/h6-12,18,23H,2-5,13-14H2,1H3,(H,29,32)/t23-/m0/s1. The van der Waals surface area contributed by atoms with Crippen LogP contribution in [0.2, 0.25) is 9.36 Å². The largest absolute Gasteiger partial charge is 0.454 e. The van der Waals surface area contributed by atoms with E-state index in [9.17, 15) is 9.59 Å². The van der Waals surface area contributed by atoms with Crippen LogP contribution in [0.15, 0.2) is 42.5 Å². The fourth-order valence-electron chi connectivity index (χ4n) is 4.62. The molecule has 5 rings (SSSR count). The van der Waals surface area contributed by atoms with Gasteiger partial charge in [0.15, 0.2) is 17.2 Å². The summed E-state index contributed by atoms with van der Waals surface area (Å²) >= 11 is 13.4. The van der Waals surface area contributed by atoms with Gasteiger partial charge in [-0.05, 0) is 54.6 Å². The number of fused-ring (bicyclic) bond motifs is 1. The van der Waals surface area contributed by atoms with Crippen LogP contribution in [0, 0.1) is 6.92 Å². The molecule has 1 fully saturated rings. The highest BCUT2D eigenvalue weighted by Gasteiger charge is 2.36. The molecule has 1 saturated carbocycles. The average Bonchev–Trinajstić information content (AvgIpc) is 3.62. The molecule has 0 bridgehead atoms. The van der Waals surface area contributed by atoms with E-state index in [0.29, 0.717) is 17.1 Å². The fraction of sp³-hybridized carbons (Fsp3) is 0.346. The van der Waals surface area contributed by atoms with E-state index in [-0.39, 0.29) is 40.3 Å². The lowest BCUT2D eigenvalue weighted by molar-refractivity contribution is -0.126. The van der Waals surface area contributed by atoms with Crippen molar-refractivity contribution in [2.45, 2.75) is 51.2 Å². The summed E-state index contributed by atoms with van der Waals surface area (Å²) in [7, 11) is 0. The van der Waals surface area contributed by atoms with Gasteiger partial charge in [-0.25, -0.2) is 0 Å². The third-order valence-electron chi connectivity index (χ3n) is 6.51. The van der Waals surface area contributed by atoms with Gasteiger partial charge in [0, 0.05) is 12.6 Å². The van der Waals surface area contributed by atoms with E-state index in [1.165, 1.54) is 4.90 Å². The van der Waals surface area contributed by atoms with Crippen molar-refractivity contribution in [2.24, 2.45) is 0 Å². The Balaban J connectivity index is 1.56. The fourth-order valence-corrected chi connectivity index (χ4v) is 5.60. The highest BCUT2D eigenvalue weighted by atomic mass is 35.5. The van der Waals surface area contributed by atoms with Crippen LogP contribution in [0.4, 0.5) is 0 Å². The zero-order chi connectivity index (χ0) is 25.2. The Hall–Kier alpha value is -2.81. The minimum atomic E-state index is -0.902. The number of nitrogens with zero attached hydrogens (tertiary/aromatic N) is 2. The van der Waals surface area contributed by atoms with Crippen LogP contribution < -0.4 is 14.8 Å². The molecule has 1 aliphatic heterocycles. The van der Waals surface area contributed by atoms with Gasteiger partial charge >= 0.3 is 0 Å². The van der Waals surface area contributed by atoms with Crippen LogP contribution >= 0.6 is 34.7 Å². The second kappa shape index (κ2) is 10.7. The number of carbonyl (C=O) groups is 2. The van der Waals surface area contributed by atoms with Gasteiger partial charge < -0.3 is 19.7 Å². The zero-order valence-corrected chi connectivity index (χ0v) is 22.0. The molecule has 0 radical (unpaired) electrons. The number of carbonyl (C=O) groups excluding carboxylic acids is 2. The van der Waals surface area contributed by atoms with E-state index < -0.39 is 11.9 Å². The van der Waals surface area contributed by atoms with Gasteiger partial charge in [-0.2, -0.15) is 4.37 Å². The highest BCUT2D eigenvalue weighted by Crippen LogP contribution is 2.36. The molecule has 3 aromatic rings. The number of aromatic nitrogens is 1. The van der Waals surface area contributed by atoms with Crippen molar-refractivity contribution in [3.63, 3.8) is 0 Å². The molecule has 7 nitrogen and oxygen atoms in total. The predicted octanol–water partition coefficient (Wildman–Crippen LogP) is 5.93. The predicted molar refractivity (Wildman–Crippen MR) is 139 cm³/mol. The number of amides is 2. The molecule has 36 heavy (non-hydrogen) atoms. The molecule has 1 aromatic heterocycles. The van der Waals surface area contributed by atoms with Crippen molar-refractivity contribution in [2.75, 3.05) is 6.79 Å². The molecule has 2 amide bonds. The minimum absolute atomic E-state index is 0.0261. The van der Waals surface area contributed by atoms with Crippen LogP contribution in [0.3, 0.4) is 0 Å². The van der Waals surface area contributed by atoms with Gasteiger partial charge in [-0.15, -0.1) is 0 Å². The summed E-state index contributed by atoms with van der Waals surface area (Å²) in [6, 6.07) is 12.3. The van der Waals surface area contributed by atoms with Crippen LogP contribution in [-0.2, 0) is 11.3 Å². The van der Waals surface area contributed by atoms with Gasteiger partial charge in [0.25, 0.3) is 5.91 Å². The molecule has 188 valence electrons. The van der Waals surface area contributed by atoms with Gasteiger partial charge in [-0.3, -0.25) is 9.59 Å². The van der Waals surface area contributed by atoms with Crippen molar-refractivity contribution in [1.29, 1.82) is 0 Å². The van der Waals surface area contributed by atoms with Crippen LogP contribution in [-0.4, -0.2) is 33.9 Å². The van der Waals surface area contributed by atoms with Crippen LogP contribution in [0.25, 0.3) is 0 Å². The van der Waals surface area contributed by atoms with Crippen LogP contribution in [0.1, 0.15) is 58.9 Å². The molecule has 1 aliphatic carbocycles. The first-order valence-electron chi connectivity index (χ1n) is 11.8. The molecule has 1 atom stereocenters. The van der Waals surface area contributed by atoms with Crippen molar-refractivity contribution >= 4 is 46.5 Å². The third kappa shape index (κ3) is 5.16. The molecule has 2 aliphatic rings. The van der Waals surface area contributed by atoms with E-state index in [1.54, 1.807) is 6.07 Å². The summed E-state index contributed by atoms with van der Waals surface area (Å²) < 4.78 is 15.4. The first-order chi connectivity index (χ1) is 17.4. The molecule has 0 unspecified atom stereocenters. The Kier molecular flexibility index (Phi) is 7.37. The smallest absolute Gasteiger partial charge is 0.276 e. The van der Waals surface area contributed by atoms with Crippen molar-refractivity contribution in [3.8, 4) is 11.5 Å².